The Hall–Kier alpha value is -3.03. The van der Waals surface area contributed by atoms with E-state index in [4.69, 9.17) is 4.74 Å². The van der Waals surface area contributed by atoms with Crippen LogP contribution in [0.2, 0.25) is 0 Å². The highest BCUT2D eigenvalue weighted by molar-refractivity contribution is 5.99. The summed E-state index contributed by atoms with van der Waals surface area (Å²) in [6.07, 6.45) is -4.47. The summed E-state index contributed by atoms with van der Waals surface area (Å²) in [6.45, 7) is -0.244. The van der Waals surface area contributed by atoms with Gasteiger partial charge < -0.3 is 15.0 Å². The number of nitrogens with one attached hydrogen (secondary N) is 1. The lowest BCUT2D eigenvalue weighted by Gasteiger charge is -2.17. The van der Waals surface area contributed by atoms with E-state index in [2.05, 4.69) is 5.32 Å². The number of hydrogen-bond donors (Lipinski definition) is 1. The van der Waals surface area contributed by atoms with Crippen molar-refractivity contribution in [2.24, 2.45) is 0 Å². The molecule has 8 heteroatoms. The zero-order valence-electron chi connectivity index (χ0n) is 14.1. The zero-order chi connectivity index (χ0) is 19.3. The van der Waals surface area contributed by atoms with Gasteiger partial charge in [0.15, 0.2) is 0 Å². The summed E-state index contributed by atoms with van der Waals surface area (Å²) in [6, 6.07) is 10.5. The van der Waals surface area contributed by atoms with E-state index in [1.54, 1.807) is 24.3 Å². The number of hydrogen-bond acceptors (Lipinski definition) is 3. The van der Waals surface area contributed by atoms with Crippen LogP contribution in [0.1, 0.15) is 15.9 Å². The van der Waals surface area contributed by atoms with Gasteiger partial charge in [-0.2, -0.15) is 13.2 Å². The topological polar surface area (TPSA) is 58.6 Å². The first kappa shape index (κ1) is 19.3. The summed E-state index contributed by atoms with van der Waals surface area (Å²) in [5.74, 6) is -0.348. The lowest BCUT2D eigenvalue weighted by molar-refractivity contribution is -0.137. The lowest BCUT2D eigenvalue weighted by atomic mass is 10.1. The van der Waals surface area contributed by atoms with Crippen LogP contribution >= 0.6 is 0 Å². The van der Waals surface area contributed by atoms with Crippen molar-refractivity contribution in [2.45, 2.75) is 6.18 Å². The molecule has 2 amide bonds. The Balaban J connectivity index is 1.96. The van der Waals surface area contributed by atoms with Gasteiger partial charge >= 0.3 is 6.18 Å². The number of carbonyl (C=O) groups excluding carboxylic acids is 2. The Morgan fingerprint density at radius 1 is 1.04 bits per heavy atom. The molecule has 0 heterocycles. The van der Waals surface area contributed by atoms with Gasteiger partial charge in [0.25, 0.3) is 5.91 Å². The molecule has 0 saturated carbocycles. The van der Waals surface area contributed by atoms with Gasteiger partial charge in [0.1, 0.15) is 5.75 Å². The summed E-state index contributed by atoms with van der Waals surface area (Å²) < 4.78 is 42.7. The van der Waals surface area contributed by atoms with Gasteiger partial charge in [-0.25, -0.2) is 0 Å². The predicted octanol–water partition coefficient (Wildman–Crippen LogP) is 3.42. The van der Waals surface area contributed by atoms with Crippen molar-refractivity contribution in [3.05, 3.63) is 59.7 Å². The molecular weight excluding hydrogens is 349 g/mol. The van der Waals surface area contributed by atoms with Crippen LogP contribution in [0.25, 0.3) is 0 Å². The third-order valence-corrected chi connectivity index (χ3v) is 3.56. The number of anilines is 1. The molecule has 0 unspecified atom stereocenters. The van der Waals surface area contributed by atoms with E-state index in [-0.39, 0.29) is 12.1 Å². The molecule has 138 valence electrons. The van der Waals surface area contributed by atoms with Crippen LogP contribution in [0.3, 0.4) is 0 Å². The molecular formula is C18H17F3N2O3. The number of methoxy groups -OCH3 is 1. The number of nitrogens with zero attached hydrogens (tertiary/aromatic N) is 1. The minimum atomic E-state index is -4.47. The zero-order valence-corrected chi connectivity index (χ0v) is 14.1. The quantitative estimate of drug-likeness (QED) is 0.882. The van der Waals surface area contributed by atoms with Crippen molar-refractivity contribution < 1.29 is 27.5 Å². The van der Waals surface area contributed by atoms with Crippen molar-refractivity contribution in [1.29, 1.82) is 0 Å². The number of likely N-dealkylation sites (N-methyl/N-ethyl adjacent to an activating group) is 1. The first-order chi connectivity index (χ1) is 12.2. The Morgan fingerprint density at radius 2 is 1.62 bits per heavy atom. The summed E-state index contributed by atoms with van der Waals surface area (Å²) in [7, 11) is 2.92. The molecule has 0 radical (unpaired) electrons. The predicted molar refractivity (Wildman–Crippen MR) is 90.0 cm³/mol. The number of carbonyl (C=O) groups is 2. The summed E-state index contributed by atoms with van der Waals surface area (Å²) in [5.41, 5.74) is -0.238. The van der Waals surface area contributed by atoms with Crippen molar-refractivity contribution in [3.8, 4) is 5.75 Å². The average Bonchev–Trinajstić information content (AvgIpc) is 2.61. The number of rotatable bonds is 5. The fourth-order valence-electron chi connectivity index (χ4n) is 2.18. The van der Waals surface area contributed by atoms with Gasteiger partial charge in [0.2, 0.25) is 5.91 Å². The van der Waals surface area contributed by atoms with Gasteiger partial charge in [0.05, 0.1) is 19.2 Å². The number of amides is 2. The molecule has 0 fully saturated rings. The van der Waals surface area contributed by atoms with Crippen molar-refractivity contribution in [1.82, 2.24) is 4.90 Å². The second-order valence-corrected chi connectivity index (χ2v) is 5.51. The SMILES string of the molecule is COc1ccc(NC(=O)CN(C)C(=O)c2ccc(C(F)(F)F)cc2)cc1. The van der Waals surface area contributed by atoms with E-state index in [1.807, 2.05) is 0 Å². The van der Waals surface area contributed by atoms with E-state index in [0.717, 1.165) is 29.2 Å². The van der Waals surface area contributed by atoms with Crippen LogP contribution in [0.5, 0.6) is 5.75 Å². The molecule has 0 aromatic heterocycles. The molecule has 2 aromatic carbocycles. The third-order valence-electron chi connectivity index (χ3n) is 3.56. The minimum Gasteiger partial charge on any atom is -0.497 e. The maximum Gasteiger partial charge on any atom is 0.416 e. The molecule has 0 aliphatic rings. The van der Waals surface area contributed by atoms with Gasteiger partial charge in [0, 0.05) is 18.3 Å². The van der Waals surface area contributed by atoms with Crippen molar-refractivity contribution in [3.63, 3.8) is 0 Å². The van der Waals surface area contributed by atoms with E-state index in [0.29, 0.717) is 11.4 Å². The van der Waals surface area contributed by atoms with Crippen LogP contribution in [-0.2, 0) is 11.0 Å². The van der Waals surface area contributed by atoms with Gasteiger partial charge in [-0.05, 0) is 48.5 Å². The first-order valence-corrected chi connectivity index (χ1v) is 7.57. The molecule has 0 atom stereocenters. The number of ether oxygens (including phenoxy) is 1. The van der Waals surface area contributed by atoms with E-state index in [9.17, 15) is 22.8 Å². The summed E-state index contributed by atoms with van der Waals surface area (Å²) >= 11 is 0. The number of halogens is 3. The Labute approximate surface area is 148 Å². The highest BCUT2D eigenvalue weighted by Crippen LogP contribution is 2.29. The second kappa shape index (κ2) is 7.90. The molecule has 0 spiro atoms. The average molecular weight is 366 g/mol. The highest BCUT2D eigenvalue weighted by Gasteiger charge is 2.30. The first-order valence-electron chi connectivity index (χ1n) is 7.57. The van der Waals surface area contributed by atoms with Crippen LogP contribution in [0.4, 0.5) is 18.9 Å². The standard InChI is InChI=1S/C18H17F3N2O3/c1-23(11-16(24)22-14-7-9-15(26-2)10-8-14)17(25)12-3-5-13(6-4-12)18(19,20)21/h3-10H,11H2,1-2H3,(H,22,24). The second-order valence-electron chi connectivity index (χ2n) is 5.51. The third kappa shape index (κ3) is 4.98. The lowest BCUT2D eigenvalue weighted by Crippen LogP contribution is -2.34. The van der Waals surface area contributed by atoms with Gasteiger partial charge in [-0.15, -0.1) is 0 Å². The highest BCUT2D eigenvalue weighted by atomic mass is 19.4. The normalized spacial score (nSPS) is 11.0. The van der Waals surface area contributed by atoms with Crippen molar-refractivity contribution in [2.75, 3.05) is 26.0 Å². The van der Waals surface area contributed by atoms with E-state index < -0.39 is 23.6 Å². The fraction of sp³-hybridized carbons (Fsp3) is 0.222. The number of benzene rings is 2. The molecule has 1 N–H and O–H groups in total. The molecule has 0 aliphatic carbocycles. The molecule has 0 saturated heterocycles. The van der Waals surface area contributed by atoms with Crippen molar-refractivity contribution >= 4 is 17.5 Å². The Morgan fingerprint density at radius 3 is 2.12 bits per heavy atom. The van der Waals surface area contributed by atoms with Crippen LogP contribution in [0.15, 0.2) is 48.5 Å². The number of alkyl halides is 3. The van der Waals surface area contributed by atoms with Crippen LogP contribution in [-0.4, -0.2) is 37.4 Å². The fourth-order valence-corrected chi connectivity index (χ4v) is 2.18. The largest absolute Gasteiger partial charge is 0.497 e. The van der Waals surface area contributed by atoms with Gasteiger partial charge in [-0.3, -0.25) is 9.59 Å². The minimum absolute atomic E-state index is 0.0674. The molecule has 5 nitrogen and oxygen atoms in total. The van der Waals surface area contributed by atoms with Crippen LogP contribution < -0.4 is 10.1 Å². The van der Waals surface area contributed by atoms with Gasteiger partial charge in [-0.1, -0.05) is 0 Å². The molecule has 0 aliphatic heterocycles. The monoisotopic (exact) mass is 366 g/mol. The van der Waals surface area contributed by atoms with Crippen LogP contribution in [0, 0.1) is 0 Å². The molecule has 2 rings (SSSR count). The van der Waals surface area contributed by atoms with E-state index in [1.165, 1.54) is 14.2 Å². The summed E-state index contributed by atoms with van der Waals surface area (Å²) in [4.78, 5) is 25.4. The molecule has 26 heavy (non-hydrogen) atoms. The maximum absolute atomic E-state index is 12.5. The maximum atomic E-state index is 12.5. The molecule has 2 aromatic rings. The Bertz CT molecular complexity index is 772. The van der Waals surface area contributed by atoms with E-state index >= 15 is 0 Å². The molecule has 0 bridgehead atoms. The smallest absolute Gasteiger partial charge is 0.416 e. The summed E-state index contributed by atoms with van der Waals surface area (Å²) in [5, 5.41) is 2.62. The Kier molecular flexibility index (Phi) is 5.86.